The molecule has 7 nitrogen and oxygen atoms in total. The molecule has 4 aromatic carbocycles. The highest BCUT2D eigenvalue weighted by molar-refractivity contribution is 6.40. The number of ether oxygens (including phenoxy) is 1. The molecule has 0 unspecified atom stereocenters. The first-order chi connectivity index (χ1) is 17.3. The van der Waals surface area contributed by atoms with Gasteiger partial charge in [0.15, 0.2) is 0 Å². The molecule has 0 spiro atoms. The van der Waals surface area contributed by atoms with Crippen LogP contribution in [0.5, 0.6) is 5.75 Å². The fourth-order valence-electron chi connectivity index (χ4n) is 3.41. The predicted molar refractivity (Wildman–Crippen MR) is 141 cm³/mol. The summed E-state index contributed by atoms with van der Waals surface area (Å²) in [6.45, 7) is 3.76. The van der Waals surface area contributed by atoms with Crippen LogP contribution in [0.4, 0.5) is 5.69 Å². The molecule has 2 N–H and O–H groups in total. The Kier molecular flexibility index (Phi) is 7.42. The first-order valence-electron chi connectivity index (χ1n) is 11.0. The molecule has 0 atom stereocenters. The van der Waals surface area contributed by atoms with Crippen LogP contribution in [0.25, 0.3) is 10.8 Å². The fraction of sp³-hybridized carbons (Fsp3) is 0.0714. The molecule has 8 heteroatoms. The summed E-state index contributed by atoms with van der Waals surface area (Å²) < 4.78 is 5.65. The fourth-order valence-corrected chi connectivity index (χ4v) is 3.59. The highest BCUT2D eigenvalue weighted by Crippen LogP contribution is 2.27. The van der Waals surface area contributed by atoms with Gasteiger partial charge >= 0.3 is 17.8 Å². The van der Waals surface area contributed by atoms with Crippen LogP contribution in [-0.4, -0.2) is 24.0 Å². The van der Waals surface area contributed by atoms with E-state index in [1.165, 1.54) is 6.21 Å². The number of halogens is 1. The van der Waals surface area contributed by atoms with Gasteiger partial charge in [-0.05, 0) is 60.5 Å². The Balaban J connectivity index is 1.53. The molecule has 0 saturated heterocycles. The van der Waals surface area contributed by atoms with Crippen LogP contribution in [0.1, 0.15) is 27.0 Å². The quantitative estimate of drug-likeness (QED) is 0.126. The van der Waals surface area contributed by atoms with Gasteiger partial charge in [-0.1, -0.05) is 65.7 Å². The third-order valence-corrected chi connectivity index (χ3v) is 5.82. The summed E-state index contributed by atoms with van der Waals surface area (Å²) in [7, 11) is 0. The number of nitrogens with zero attached hydrogens (tertiary/aromatic N) is 1. The smallest absolute Gasteiger partial charge is 0.343 e. The first kappa shape index (κ1) is 24.6. The summed E-state index contributed by atoms with van der Waals surface area (Å²) in [6, 6.07) is 22.9. The SMILES string of the molecule is Cc1ccc(C(=O)Oc2ccc3ccccc3c2/C=N\NC(=O)C(=O)Nc2ccc(C)c(Cl)c2)cc1. The van der Waals surface area contributed by atoms with Crippen LogP contribution in [-0.2, 0) is 9.59 Å². The summed E-state index contributed by atoms with van der Waals surface area (Å²) in [4.78, 5) is 37.2. The van der Waals surface area contributed by atoms with Crippen LogP contribution < -0.4 is 15.5 Å². The number of hydrogen-bond donors (Lipinski definition) is 2. The van der Waals surface area contributed by atoms with E-state index in [0.29, 0.717) is 21.8 Å². The van der Waals surface area contributed by atoms with Crippen LogP contribution in [0, 0.1) is 13.8 Å². The molecule has 4 aromatic rings. The molecule has 0 aliphatic rings. The second-order valence-electron chi connectivity index (χ2n) is 8.07. The Labute approximate surface area is 212 Å². The van der Waals surface area contributed by atoms with E-state index >= 15 is 0 Å². The van der Waals surface area contributed by atoms with Crippen LogP contribution in [0.3, 0.4) is 0 Å². The van der Waals surface area contributed by atoms with Gasteiger partial charge in [-0.25, -0.2) is 10.2 Å². The number of amides is 2. The van der Waals surface area contributed by atoms with E-state index in [9.17, 15) is 14.4 Å². The summed E-state index contributed by atoms with van der Waals surface area (Å²) in [5, 5.41) is 8.51. The lowest BCUT2D eigenvalue weighted by molar-refractivity contribution is -0.136. The molecule has 0 aliphatic carbocycles. The summed E-state index contributed by atoms with van der Waals surface area (Å²) in [5.41, 5.74) is 5.33. The van der Waals surface area contributed by atoms with Gasteiger partial charge in [0, 0.05) is 16.3 Å². The van der Waals surface area contributed by atoms with Crippen molar-refractivity contribution in [2.45, 2.75) is 13.8 Å². The van der Waals surface area contributed by atoms with Crippen molar-refractivity contribution in [3.8, 4) is 5.75 Å². The monoisotopic (exact) mass is 499 g/mol. The van der Waals surface area contributed by atoms with Crippen molar-refractivity contribution in [2.24, 2.45) is 5.10 Å². The van der Waals surface area contributed by atoms with Gasteiger partial charge in [0.05, 0.1) is 11.8 Å². The van der Waals surface area contributed by atoms with Crippen molar-refractivity contribution in [1.82, 2.24) is 5.43 Å². The first-order valence-corrected chi connectivity index (χ1v) is 11.4. The molecule has 0 radical (unpaired) electrons. The molecule has 0 aromatic heterocycles. The van der Waals surface area contributed by atoms with E-state index in [1.54, 1.807) is 36.4 Å². The number of carbonyl (C=O) groups excluding carboxylic acids is 3. The highest BCUT2D eigenvalue weighted by Gasteiger charge is 2.15. The largest absolute Gasteiger partial charge is 0.422 e. The summed E-state index contributed by atoms with van der Waals surface area (Å²) in [6.07, 6.45) is 1.34. The maximum Gasteiger partial charge on any atom is 0.343 e. The van der Waals surface area contributed by atoms with Crippen LogP contribution in [0.15, 0.2) is 84.0 Å². The zero-order valence-electron chi connectivity index (χ0n) is 19.5. The van der Waals surface area contributed by atoms with Crippen molar-refractivity contribution >= 4 is 52.1 Å². The number of carbonyl (C=O) groups is 3. The highest BCUT2D eigenvalue weighted by atomic mass is 35.5. The minimum absolute atomic E-state index is 0.260. The van der Waals surface area contributed by atoms with E-state index in [-0.39, 0.29) is 5.75 Å². The summed E-state index contributed by atoms with van der Waals surface area (Å²) in [5.74, 6) is -2.14. The lowest BCUT2D eigenvalue weighted by Crippen LogP contribution is -2.32. The molecule has 0 heterocycles. The molecule has 36 heavy (non-hydrogen) atoms. The third-order valence-electron chi connectivity index (χ3n) is 5.42. The van der Waals surface area contributed by atoms with E-state index in [4.69, 9.17) is 16.3 Å². The Morgan fingerprint density at radius 1 is 0.889 bits per heavy atom. The van der Waals surface area contributed by atoms with E-state index in [2.05, 4.69) is 15.8 Å². The molecule has 0 saturated carbocycles. The number of benzene rings is 4. The maximum absolute atomic E-state index is 12.7. The zero-order chi connectivity index (χ0) is 25.7. The number of hydrogen-bond acceptors (Lipinski definition) is 5. The van der Waals surface area contributed by atoms with E-state index in [0.717, 1.165) is 21.9 Å². The Hall–Kier alpha value is -4.49. The molecule has 0 bridgehead atoms. The number of anilines is 1. The van der Waals surface area contributed by atoms with Gasteiger partial charge in [-0.3, -0.25) is 9.59 Å². The van der Waals surface area contributed by atoms with Gasteiger partial charge in [-0.2, -0.15) is 5.10 Å². The molecule has 0 aliphatic heterocycles. The van der Waals surface area contributed by atoms with Crippen molar-refractivity contribution in [3.05, 3.63) is 106 Å². The number of nitrogens with one attached hydrogen (secondary N) is 2. The summed E-state index contributed by atoms with van der Waals surface area (Å²) >= 11 is 6.06. The maximum atomic E-state index is 12.7. The number of hydrazone groups is 1. The molecular formula is C28H22ClN3O4. The average Bonchev–Trinajstić information content (AvgIpc) is 2.87. The lowest BCUT2D eigenvalue weighted by Gasteiger charge is -2.11. The van der Waals surface area contributed by atoms with Crippen molar-refractivity contribution < 1.29 is 19.1 Å². The van der Waals surface area contributed by atoms with Crippen LogP contribution >= 0.6 is 11.6 Å². The average molecular weight is 500 g/mol. The minimum Gasteiger partial charge on any atom is -0.422 e. The minimum atomic E-state index is -0.971. The van der Waals surface area contributed by atoms with Crippen LogP contribution in [0.2, 0.25) is 5.02 Å². The van der Waals surface area contributed by atoms with Gasteiger partial charge in [0.1, 0.15) is 5.75 Å². The Morgan fingerprint density at radius 3 is 2.39 bits per heavy atom. The molecule has 4 rings (SSSR count). The topological polar surface area (TPSA) is 96.9 Å². The lowest BCUT2D eigenvalue weighted by atomic mass is 10.0. The van der Waals surface area contributed by atoms with Gasteiger partial charge in [-0.15, -0.1) is 0 Å². The molecular weight excluding hydrogens is 478 g/mol. The number of esters is 1. The predicted octanol–water partition coefficient (Wildman–Crippen LogP) is 5.42. The van der Waals surface area contributed by atoms with Crippen molar-refractivity contribution in [3.63, 3.8) is 0 Å². The van der Waals surface area contributed by atoms with Gasteiger partial charge < -0.3 is 10.1 Å². The van der Waals surface area contributed by atoms with Gasteiger partial charge in [0.2, 0.25) is 0 Å². The number of fused-ring (bicyclic) bond motifs is 1. The standard InChI is InChI=1S/C28H22ClN3O4/c1-17-7-10-20(11-8-17)28(35)36-25-14-12-19-5-3-4-6-22(19)23(25)16-30-32-27(34)26(33)31-21-13-9-18(2)24(29)15-21/h3-16H,1-2H3,(H,31,33)(H,32,34)/b30-16-. The zero-order valence-corrected chi connectivity index (χ0v) is 20.3. The van der Waals surface area contributed by atoms with E-state index in [1.807, 2.05) is 56.3 Å². The number of rotatable bonds is 5. The Morgan fingerprint density at radius 2 is 1.64 bits per heavy atom. The van der Waals surface area contributed by atoms with E-state index < -0.39 is 17.8 Å². The third kappa shape index (κ3) is 5.76. The Bertz CT molecular complexity index is 1500. The normalized spacial score (nSPS) is 10.9. The molecule has 0 fully saturated rings. The number of aryl methyl sites for hydroxylation is 2. The molecule has 2 amide bonds. The molecule has 180 valence electrons. The second-order valence-corrected chi connectivity index (χ2v) is 8.48. The van der Waals surface area contributed by atoms with Crippen molar-refractivity contribution in [2.75, 3.05) is 5.32 Å². The van der Waals surface area contributed by atoms with Crippen molar-refractivity contribution in [1.29, 1.82) is 0 Å². The van der Waals surface area contributed by atoms with Gasteiger partial charge in [0.25, 0.3) is 0 Å². The second kappa shape index (κ2) is 10.8.